The molecule has 4 nitrogen and oxygen atoms in total. The monoisotopic (exact) mass is 274 g/mol. The van der Waals surface area contributed by atoms with Crippen molar-refractivity contribution in [2.75, 3.05) is 19.6 Å². The van der Waals surface area contributed by atoms with Gasteiger partial charge in [-0.3, -0.25) is 4.79 Å². The van der Waals surface area contributed by atoms with Crippen LogP contribution in [0.3, 0.4) is 0 Å². The minimum Gasteiger partial charge on any atom is -0.334 e. The van der Waals surface area contributed by atoms with Gasteiger partial charge >= 0.3 is 0 Å². The number of amides is 1. The molecule has 0 spiro atoms. The van der Waals surface area contributed by atoms with E-state index in [-0.39, 0.29) is 5.91 Å². The zero-order chi connectivity index (χ0) is 14.4. The van der Waals surface area contributed by atoms with Gasteiger partial charge in [-0.15, -0.1) is 0 Å². The van der Waals surface area contributed by atoms with Crippen molar-refractivity contribution in [3.63, 3.8) is 0 Å². The number of piperidine rings is 1. The first kappa shape index (κ1) is 14.7. The van der Waals surface area contributed by atoms with Crippen molar-refractivity contribution < 1.29 is 9.69 Å². The van der Waals surface area contributed by atoms with Gasteiger partial charge in [0.2, 0.25) is 0 Å². The van der Waals surface area contributed by atoms with Crippen LogP contribution in [0.1, 0.15) is 42.1 Å². The summed E-state index contributed by atoms with van der Waals surface area (Å²) in [5, 5.41) is 4.30. The van der Waals surface area contributed by atoms with E-state index in [0.717, 1.165) is 37.2 Å². The Bertz CT molecular complexity index is 486. The van der Waals surface area contributed by atoms with Crippen LogP contribution in [-0.4, -0.2) is 31.3 Å². The van der Waals surface area contributed by atoms with Gasteiger partial charge in [-0.25, -0.2) is 5.43 Å². The van der Waals surface area contributed by atoms with E-state index in [4.69, 9.17) is 0 Å². The lowest BCUT2D eigenvalue weighted by Crippen LogP contribution is -3.13. The number of carbonyl (C=O) groups is 1. The molecule has 0 atom stereocenters. The lowest BCUT2D eigenvalue weighted by atomic mass is 10.1. The normalized spacial score (nSPS) is 18.7. The first-order valence-electron chi connectivity index (χ1n) is 7.45. The summed E-state index contributed by atoms with van der Waals surface area (Å²) in [6, 6.07) is 7.58. The van der Waals surface area contributed by atoms with E-state index in [1.807, 2.05) is 31.2 Å². The van der Waals surface area contributed by atoms with Crippen LogP contribution < -0.4 is 10.3 Å². The Kier molecular flexibility index (Phi) is 5.30. The van der Waals surface area contributed by atoms with E-state index in [9.17, 15) is 4.79 Å². The first-order valence-corrected chi connectivity index (χ1v) is 7.45. The summed E-state index contributed by atoms with van der Waals surface area (Å²) in [4.78, 5) is 13.7. The third kappa shape index (κ3) is 3.90. The average Bonchev–Trinajstić information content (AvgIpc) is 2.47. The van der Waals surface area contributed by atoms with Crippen LogP contribution in [0.15, 0.2) is 29.4 Å². The van der Waals surface area contributed by atoms with E-state index < -0.39 is 0 Å². The molecule has 0 radical (unpaired) electrons. The predicted molar refractivity (Wildman–Crippen MR) is 81.2 cm³/mol. The number of hydrogen-bond donors (Lipinski definition) is 2. The number of likely N-dealkylation sites (tertiary alicyclic amines) is 1. The fraction of sp³-hybridized carbons (Fsp3) is 0.500. The number of hydrogen-bond acceptors (Lipinski definition) is 2. The van der Waals surface area contributed by atoms with Gasteiger partial charge < -0.3 is 4.90 Å². The van der Waals surface area contributed by atoms with Crippen LogP contribution >= 0.6 is 0 Å². The van der Waals surface area contributed by atoms with Crippen molar-refractivity contribution in [1.29, 1.82) is 0 Å². The molecule has 108 valence electrons. The first-order chi connectivity index (χ1) is 9.70. The van der Waals surface area contributed by atoms with E-state index in [1.54, 1.807) is 4.90 Å². The molecule has 0 aromatic heterocycles. The number of quaternary nitrogens is 1. The number of nitrogens with one attached hydrogen (secondary N) is 2. The summed E-state index contributed by atoms with van der Waals surface area (Å²) < 4.78 is 0. The van der Waals surface area contributed by atoms with Crippen molar-refractivity contribution in [3.8, 4) is 0 Å². The summed E-state index contributed by atoms with van der Waals surface area (Å²) in [6.07, 6.45) is 3.21. The number of carbonyl (C=O) groups excluding carboxylic acids is 1. The molecule has 1 aliphatic heterocycles. The van der Waals surface area contributed by atoms with Crippen LogP contribution in [0.4, 0.5) is 0 Å². The van der Waals surface area contributed by atoms with E-state index in [0.29, 0.717) is 5.56 Å². The zero-order valence-corrected chi connectivity index (χ0v) is 12.4. The van der Waals surface area contributed by atoms with Gasteiger partial charge in [0, 0.05) is 24.1 Å². The Morgan fingerprint density at radius 1 is 1.30 bits per heavy atom. The molecule has 0 aliphatic carbocycles. The molecule has 1 aromatic rings. The highest BCUT2D eigenvalue weighted by Gasteiger charge is 2.17. The Balaban J connectivity index is 1.88. The van der Waals surface area contributed by atoms with Crippen molar-refractivity contribution in [2.45, 2.75) is 33.1 Å². The third-order valence-corrected chi connectivity index (χ3v) is 3.84. The summed E-state index contributed by atoms with van der Waals surface area (Å²) >= 11 is 0. The van der Waals surface area contributed by atoms with Crippen LogP contribution in [0.25, 0.3) is 0 Å². The molecular formula is C16H24N3O+. The number of nitrogens with zero attached hydrogens (tertiary/aromatic N) is 1. The summed E-state index contributed by atoms with van der Waals surface area (Å²) in [5.41, 5.74) is 5.49. The molecule has 1 aliphatic rings. The van der Waals surface area contributed by atoms with Crippen LogP contribution in [-0.2, 0) is 0 Å². The molecule has 2 N–H and O–H groups in total. The zero-order valence-electron chi connectivity index (χ0n) is 12.4. The molecule has 20 heavy (non-hydrogen) atoms. The van der Waals surface area contributed by atoms with Gasteiger partial charge in [0.1, 0.15) is 0 Å². The molecule has 1 aromatic carbocycles. The SMILES string of the molecule is CCC[NH+]1CCC(=NNC(=O)c2ccccc2C)CC1. The average molecular weight is 274 g/mol. The van der Waals surface area contributed by atoms with Gasteiger partial charge in [-0.1, -0.05) is 25.1 Å². The third-order valence-electron chi connectivity index (χ3n) is 3.84. The summed E-state index contributed by atoms with van der Waals surface area (Å²) in [5.74, 6) is -0.112. The van der Waals surface area contributed by atoms with Crippen molar-refractivity contribution in [1.82, 2.24) is 5.43 Å². The second kappa shape index (κ2) is 7.20. The standard InChI is InChI=1S/C16H23N3O/c1-3-10-19-11-8-14(9-12-19)17-18-16(20)15-7-5-4-6-13(15)2/h4-7H,3,8-12H2,1-2H3,(H,18,20)/p+1. The predicted octanol–water partition coefficient (Wildman–Crippen LogP) is 1.17. The maximum Gasteiger partial charge on any atom is 0.271 e. The molecule has 0 unspecified atom stereocenters. The van der Waals surface area contributed by atoms with Crippen LogP contribution in [0.2, 0.25) is 0 Å². The highest BCUT2D eigenvalue weighted by atomic mass is 16.2. The molecule has 4 heteroatoms. The smallest absolute Gasteiger partial charge is 0.271 e. The lowest BCUT2D eigenvalue weighted by Gasteiger charge is -2.24. The maximum atomic E-state index is 12.1. The molecule has 1 amide bonds. The van der Waals surface area contributed by atoms with Crippen molar-refractivity contribution in [3.05, 3.63) is 35.4 Å². The van der Waals surface area contributed by atoms with Crippen molar-refractivity contribution >= 4 is 11.6 Å². The minimum atomic E-state index is -0.112. The van der Waals surface area contributed by atoms with Crippen molar-refractivity contribution in [2.24, 2.45) is 5.10 Å². The number of rotatable bonds is 4. The second-order valence-corrected chi connectivity index (χ2v) is 5.43. The van der Waals surface area contributed by atoms with E-state index in [2.05, 4.69) is 17.5 Å². The molecule has 1 saturated heterocycles. The molecule has 1 heterocycles. The summed E-state index contributed by atoms with van der Waals surface area (Å²) in [7, 11) is 0. The summed E-state index contributed by atoms with van der Waals surface area (Å²) in [6.45, 7) is 7.66. The molecule has 0 saturated carbocycles. The second-order valence-electron chi connectivity index (χ2n) is 5.43. The van der Waals surface area contributed by atoms with Crippen LogP contribution in [0, 0.1) is 6.92 Å². The Labute approximate surface area is 120 Å². The Morgan fingerprint density at radius 2 is 2.00 bits per heavy atom. The Morgan fingerprint density at radius 3 is 2.65 bits per heavy atom. The lowest BCUT2D eigenvalue weighted by molar-refractivity contribution is -0.901. The quantitative estimate of drug-likeness (QED) is 0.796. The topological polar surface area (TPSA) is 45.9 Å². The molecular weight excluding hydrogens is 250 g/mol. The highest BCUT2D eigenvalue weighted by Crippen LogP contribution is 2.06. The number of benzene rings is 1. The van der Waals surface area contributed by atoms with Gasteiger partial charge in [-0.05, 0) is 25.0 Å². The van der Waals surface area contributed by atoms with Gasteiger partial charge in [0.15, 0.2) is 0 Å². The van der Waals surface area contributed by atoms with Crippen LogP contribution in [0.5, 0.6) is 0 Å². The van der Waals surface area contributed by atoms with E-state index >= 15 is 0 Å². The van der Waals surface area contributed by atoms with E-state index in [1.165, 1.54) is 13.0 Å². The maximum absolute atomic E-state index is 12.1. The molecule has 2 rings (SSSR count). The van der Waals surface area contributed by atoms with Gasteiger partial charge in [-0.2, -0.15) is 5.10 Å². The van der Waals surface area contributed by atoms with Gasteiger partial charge in [0.25, 0.3) is 5.91 Å². The molecule has 0 bridgehead atoms. The fourth-order valence-electron chi connectivity index (χ4n) is 2.63. The van der Waals surface area contributed by atoms with Gasteiger partial charge in [0.05, 0.1) is 19.6 Å². The number of hydrazone groups is 1. The minimum absolute atomic E-state index is 0.112. The largest absolute Gasteiger partial charge is 0.334 e. The number of aryl methyl sites for hydroxylation is 1. The Hall–Kier alpha value is -1.68. The molecule has 1 fully saturated rings. The highest BCUT2D eigenvalue weighted by molar-refractivity contribution is 5.96. The fourth-order valence-corrected chi connectivity index (χ4v) is 2.63.